The highest BCUT2D eigenvalue weighted by Crippen LogP contribution is 2.13. The van der Waals surface area contributed by atoms with Gasteiger partial charge in [0.25, 0.3) is 10.1 Å². The summed E-state index contributed by atoms with van der Waals surface area (Å²) in [4.78, 5) is 0.194. The fraction of sp³-hybridized carbons (Fsp3) is 0.400. The molecule has 0 saturated heterocycles. The van der Waals surface area contributed by atoms with Crippen molar-refractivity contribution in [2.75, 3.05) is 6.61 Å². The summed E-state index contributed by atoms with van der Waals surface area (Å²) in [5.41, 5.74) is 3.04. The molecule has 0 atom stereocenters. The molecule has 0 aliphatic carbocycles. The standard InChI is InChI=1S/C15H20N2O3S/c1-12-5-7-15(8-6-12)21(18,19)20-10-4-9-17-14(3)11-13(2)16-17/h5-8,11H,4,9-10H2,1-3H3. The Morgan fingerprint density at radius 1 is 1.14 bits per heavy atom. The molecule has 0 spiro atoms. The molecule has 0 radical (unpaired) electrons. The molecule has 0 aliphatic rings. The van der Waals surface area contributed by atoms with Crippen LogP contribution < -0.4 is 0 Å². The van der Waals surface area contributed by atoms with Crippen LogP contribution in [0.1, 0.15) is 23.4 Å². The Hall–Kier alpha value is -1.66. The van der Waals surface area contributed by atoms with Crippen LogP contribution in [0.25, 0.3) is 0 Å². The molecule has 21 heavy (non-hydrogen) atoms. The number of aromatic nitrogens is 2. The molecule has 1 aromatic heterocycles. The highest BCUT2D eigenvalue weighted by Gasteiger charge is 2.14. The summed E-state index contributed by atoms with van der Waals surface area (Å²) < 4.78 is 30.9. The van der Waals surface area contributed by atoms with E-state index in [1.165, 1.54) is 0 Å². The summed E-state index contributed by atoms with van der Waals surface area (Å²) >= 11 is 0. The predicted octanol–water partition coefficient (Wildman–Crippen LogP) is 2.60. The lowest BCUT2D eigenvalue weighted by molar-refractivity contribution is 0.300. The van der Waals surface area contributed by atoms with Crippen LogP contribution in [0.4, 0.5) is 0 Å². The average Bonchev–Trinajstić information content (AvgIpc) is 2.74. The van der Waals surface area contributed by atoms with E-state index in [1.807, 2.05) is 31.5 Å². The molecule has 0 bridgehead atoms. The van der Waals surface area contributed by atoms with Crippen LogP contribution in [0.3, 0.4) is 0 Å². The van der Waals surface area contributed by atoms with E-state index in [4.69, 9.17) is 4.18 Å². The van der Waals surface area contributed by atoms with E-state index in [2.05, 4.69) is 5.10 Å². The summed E-state index contributed by atoms with van der Waals surface area (Å²) in [5.74, 6) is 0. The highest BCUT2D eigenvalue weighted by molar-refractivity contribution is 7.86. The summed E-state index contributed by atoms with van der Waals surface area (Å²) in [6, 6.07) is 8.62. The van der Waals surface area contributed by atoms with Gasteiger partial charge in [-0.25, -0.2) is 0 Å². The van der Waals surface area contributed by atoms with Gasteiger partial charge in [-0.1, -0.05) is 17.7 Å². The topological polar surface area (TPSA) is 61.2 Å². The molecule has 2 aromatic rings. The van der Waals surface area contributed by atoms with Gasteiger partial charge in [-0.15, -0.1) is 0 Å². The van der Waals surface area contributed by atoms with Crippen molar-refractivity contribution in [3.05, 3.63) is 47.3 Å². The summed E-state index contributed by atoms with van der Waals surface area (Å²) in [6.45, 7) is 6.61. The third-order valence-corrected chi connectivity index (χ3v) is 4.49. The van der Waals surface area contributed by atoms with Crippen molar-refractivity contribution in [1.29, 1.82) is 0 Å². The molecule has 0 saturated carbocycles. The normalized spacial score (nSPS) is 11.8. The molecule has 0 fully saturated rings. The molecule has 6 heteroatoms. The largest absolute Gasteiger partial charge is 0.296 e. The van der Waals surface area contributed by atoms with E-state index in [0.29, 0.717) is 13.0 Å². The lowest BCUT2D eigenvalue weighted by Crippen LogP contribution is -2.10. The molecule has 5 nitrogen and oxygen atoms in total. The molecule has 114 valence electrons. The van der Waals surface area contributed by atoms with Gasteiger partial charge >= 0.3 is 0 Å². The number of rotatable bonds is 6. The molecular formula is C15H20N2O3S. The molecule has 0 aliphatic heterocycles. The fourth-order valence-electron chi connectivity index (χ4n) is 2.06. The van der Waals surface area contributed by atoms with Crippen LogP contribution in [0.15, 0.2) is 35.2 Å². The van der Waals surface area contributed by atoms with Gasteiger partial charge in [0, 0.05) is 12.2 Å². The smallest absolute Gasteiger partial charge is 0.270 e. The molecule has 0 N–H and O–H groups in total. The quantitative estimate of drug-likeness (QED) is 0.608. The zero-order valence-electron chi connectivity index (χ0n) is 12.5. The zero-order valence-corrected chi connectivity index (χ0v) is 13.4. The predicted molar refractivity (Wildman–Crippen MR) is 80.6 cm³/mol. The van der Waals surface area contributed by atoms with E-state index < -0.39 is 10.1 Å². The van der Waals surface area contributed by atoms with Crippen LogP contribution >= 0.6 is 0 Å². The van der Waals surface area contributed by atoms with Crippen LogP contribution in [0.2, 0.25) is 0 Å². The summed E-state index contributed by atoms with van der Waals surface area (Å²) in [7, 11) is -3.67. The molecule has 1 aromatic carbocycles. The van der Waals surface area contributed by atoms with Crippen molar-refractivity contribution >= 4 is 10.1 Å². The first-order valence-corrected chi connectivity index (χ1v) is 8.26. The minimum Gasteiger partial charge on any atom is -0.270 e. The lowest BCUT2D eigenvalue weighted by Gasteiger charge is -2.07. The van der Waals surface area contributed by atoms with Crippen molar-refractivity contribution in [2.45, 2.75) is 38.6 Å². The second-order valence-corrected chi connectivity index (χ2v) is 6.71. The second kappa shape index (κ2) is 6.41. The third kappa shape index (κ3) is 4.15. The Balaban J connectivity index is 1.88. The Bertz CT molecular complexity index is 703. The van der Waals surface area contributed by atoms with E-state index >= 15 is 0 Å². The maximum Gasteiger partial charge on any atom is 0.296 e. The van der Waals surface area contributed by atoms with Gasteiger partial charge in [0.1, 0.15) is 0 Å². The molecule has 2 rings (SSSR count). The highest BCUT2D eigenvalue weighted by atomic mass is 32.2. The van der Waals surface area contributed by atoms with Crippen molar-refractivity contribution in [3.8, 4) is 0 Å². The Kier molecular flexibility index (Phi) is 4.80. The number of hydrogen-bond acceptors (Lipinski definition) is 4. The lowest BCUT2D eigenvalue weighted by atomic mass is 10.2. The molecule has 0 amide bonds. The number of hydrogen-bond donors (Lipinski definition) is 0. The average molecular weight is 308 g/mol. The number of aryl methyl sites for hydroxylation is 4. The summed E-state index contributed by atoms with van der Waals surface area (Å²) in [5, 5.41) is 4.32. The first-order chi connectivity index (χ1) is 9.88. The fourth-order valence-corrected chi connectivity index (χ4v) is 3.00. The van der Waals surface area contributed by atoms with Crippen molar-refractivity contribution in [3.63, 3.8) is 0 Å². The van der Waals surface area contributed by atoms with Gasteiger partial charge < -0.3 is 0 Å². The first-order valence-electron chi connectivity index (χ1n) is 6.85. The Labute approximate surface area is 125 Å². The number of nitrogens with zero attached hydrogens (tertiary/aromatic N) is 2. The maximum absolute atomic E-state index is 12.0. The van der Waals surface area contributed by atoms with Gasteiger partial charge in [0.05, 0.1) is 17.2 Å². The van der Waals surface area contributed by atoms with Crippen LogP contribution in [-0.2, 0) is 20.8 Å². The van der Waals surface area contributed by atoms with Crippen LogP contribution in [0, 0.1) is 20.8 Å². The maximum atomic E-state index is 12.0. The monoisotopic (exact) mass is 308 g/mol. The Morgan fingerprint density at radius 2 is 1.81 bits per heavy atom. The second-order valence-electron chi connectivity index (χ2n) is 5.09. The third-order valence-electron chi connectivity index (χ3n) is 3.17. The van der Waals surface area contributed by atoms with Gasteiger partial charge in [-0.3, -0.25) is 8.86 Å². The van der Waals surface area contributed by atoms with Crippen molar-refractivity contribution in [1.82, 2.24) is 9.78 Å². The number of benzene rings is 1. The van der Waals surface area contributed by atoms with Crippen molar-refractivity contribution < 1.29 is 12.6 Å². The van der Waals surface area contributed by atoms with E-state index in [9.17, 15) is 8.42 Å². The van der Waals surface area contributed by atoms with Gasteiger partial charge in [0.15, 0.2) is 0 Å². The minimum absolute atomic E-state index is 0.147. The van der Waals surface area contributed by atoms with E-state index in [1.54, 1.807) is 24.3 Å². The molecule has 0 unspecified atom stereocenters. The SMILES string of the molecule is Cc1ccc(S(=O)(=O)OCCCn2nc(C)cc2C)cc1. The zero-order chi connectivity index (χ0) is 15.5. The van der Waals surface area contributed by atoms with Gasteiger partial charge in [-0.05, 0) is 45.4 Å². The van der Waals surface area contributed by atoms with Crippen molar-refractivity contribution in [2.24, 2.45) is 0 Å². The minimum atomic E-state index is -3.67. The molecular weight excluding hydrogens is 288 g/mol. The summed E-state index contributed by atoms with van der Waals surface area (Å²) in [6.07, 6.45) is 0.590. The van der Waals surface area contributed by atoms with Gasteiger partial charge in [0.2, 0.25) is 0 Å². The van der Waals surface area contributed by atoms with Gasteiger partial charge in [-0.2, -0.15) is 13.5 Å². The van der Waals surface area contributed by atoms with Crippen LogP contribution in [-0.4, -0.2) is 24.8 Å². The van der Waals surface area contributed by atoms with Crippen LogP contribution in [0.5, 0.6) is 0 Å². The van der Waals surface area contributed by atoms with E-state index in [0.717, 1.165) is 17.0 Å². The molecule has 1 heterocycles. The first kappa shape index (κ1) is 15.7. The Morgan fingerprint density at radius 3 is 2.38 bits per heavy atom. The van der Waals surface area contributed by atoms with E-state index in [-0.39, 0.29) is 11.5 Å².